The highest BCUT2D eigenvalue weighted by Crippen LogP contribution is 2.31. The minimum Gasteiger partial charge on any atom is -0.493 e. The standard InChI is InChI=1S/C17H24N2O5/c1-11(2)24-15-10-13(4-5-14(15)23-3)18-17(22)19-8-6-12(7-9-19)16(20)21/h4-5,10-12H,6-9H2,1-3H3,(H,18,22)(H,20,21). The second kappa shape index (κ2) is 7.90. The third-order valence-corrected chi connectivity index (χ3v) is 3.91. The second-order valence-electron chi connectivity index (χ2n) is 6.06. The summed E-state index contributed by atoms with van der Waals surface area (Å²) < 4.78 is 10.9. The maximum Gasteiger partial charge on any atom is 0.321 e. The van der Waals surface area contributed by atoms with Crippen molar-refractivity contribution in [1.29, 1.82) is 0 Å². The Balaban J connectivity index is 2.00. The van der Waals surface area contributed by atoms with Gasteiger partial charge in [0.25, 0.3) is 0 Å². The zero-order valence-corrected chi connectivity index (χ0v) is 14.2. The van der Waals surface area contributed by atoms with Crippen LogP contribution in [0.1, 0.15) is 26.7 Å². The number of hydrogen-bond donors (Lipinski definition) is 2. The molecule has 1 aliphatic rings. The summed E-state index contributed by atoms with van der Waals surface area (Å²) in [5.41, 5.74) is 0.608. The van der Waals surface area contributed by atoms with Crippen LogP contribution in [0.2, 0.25) is 0 Å². The Bertz CT molecular complexity index is 595. The number of methoxy groups -OCH3 is 1. The first-order valence-electron chi connectivity index (χ1n) is 8.04. The SMILES string of the molecule is COc1ccc(NC(=O)N2CCC(C(=O)O)CC2)cc1OC(C)C. The first-order valence-corrected chi connectivity index (χ1v) is 8.04. The number of urea groups is 1. The number of aliphatic carboxylic acids is 1. The molecule has 2 amide bonds. The smallest absolute Gasteiger partial charge is 0.321 e. The Morgan fingerprint density at radius 2 is 1.92 bits per heavy atom. The van der Waals surface area contributed by atoms with E-state index in [1.807, 2.05) is 13.8 Å². The van der Waals surface area contributed by atoms with E-state index in [2.05, 4.69) is 5.32 Å². The topological polar surface area (TPSA) is 88.1 Å². The molecule has 2 rings (SSSR count). The average Bonchev–Trinajstić information content (AvgIpc) is 2.54. The molecule has 7 nitrogen and oxygen atoms in total. The summed E-state index contributed by atoms with van der Waals surface area (Å²) in [7, 11) is 1.56. The van der Waals surface area contributed by atoms with Crippen molar-refractivity contribution in [2.24, 2.45) is 5.92 Å². The van der Waals surface area contributed by atoms with Gasteiger partial charge in [-0.1, -0.05) is 0 Å². The molecule has 1 saturated heterocycles. The van der Waals surface area contributed by atoms with Crippen molar-refractivity contribution in [2.75, 3.05) is 25.5 Å². The molecule has 0 bridgehead atoms. The number of nitrogens with zero attached hydrogens (tertiary/aromatic N) is 1. The number of ether oxygens (including phenoxy) is 2. The molecule has 24 heavy (non-hydrogen) atoms. The normalized spacial score (nSPS) is 15.2. The van der Waals surface area contributed by atoms with E-state index < -0.39 is 5.97 Å². The van der Waals surface area contributed by atoms with Crippen LogP contribution in [-0.4, -0.2) is 48.3 Å². The van der Waals surface area contributed by atoms with Crippen LogP contribution in [0.5, 0.6) is 11.5 Å². The number of piperidine rings is 1. The van der Waals surface area contributed by atoms with Gasteiger partial charge in [0.1, 0.15) is 0 Å². The summed E-state index contributed by atoms with van der Waals surface area (Å²) in [4.78, 5) is 24.9. The van der Waals surface area contributed by atoms with Crippen molar-refractivity contribution in [3.8, 4) is 11.5 Å². The van der Waals surface area contributed by atoms with Gasteiger partial charge in [0.05, 0.1) is 19.1 Å². The lowest BCUT2D eigenvalue weighted by Gasteiger charge is -2.30. The van der Waals surface area contributed by atoms with Crippen LogP contribution < -0.4 is 14.8 Å². The lowest BCUT2D eigenvalue weighted by atomic mass is 9.97. The maximum absolute atomic E-state index is 12.3. The number of rotatable bonds is 5. The highest BCUT2D eigenvalue weighted by Gasteiger charge is 2.27. The monoisotopic (exact) mass is 336 g/mol. The highest BCUT2D eigenvalue weighted by atomic mass is 16.5. The molecule has 1 aromatic carbocycles. The van der Waals surface area contributed by atoms with Gasteiger partial charge in [0.15, 0.2) is 11.5 Å². The molecule has 0 unspecified atom stereocenters. The minimum atomic E-state index is -0.791. The summed E-state index contributed by atoms with van der Waals surface area (Å²) in [6.45, 7) is 4.71. The van der Waals surface area contributed by atoms with E-state index in [4.69, 9.17) is 14.6 Å². The molecule has 0 saturated carbocycles. The fraction of sp³-hybridized carbons (Fsp3) is 0.529. The first-order chi connectivity index (χ1) is 11.4. The van der Waals surface area contributed by atoms with Gasteiger partial charge in [-0.15, -0.1) is 0 Å². The van der Waals surface area contributed by atoms with Gasteiger partial charge in [-0.3, -0.25) is 4.79 Å². The van der Waals surface area contributed by atoms with E-state index in [9.17, 15) is 9.59 Å². The van der Waals surface area contributed by atoms with Crippen molar-refractivity contribution >= 4 is 17.7 Å². The molecular weight excluding hydrogens is 312 g/mol. The van der Waals surface area contributed by atoms with Crippen LogP contribution in [0.15, 0.2) is 18.2 Å². The van der Waals surface area contributed by atoms with Gasteiger partial charge < -0.3 is 24.8 Å². The molecule has 0 atom stereocenters. The van der Waals surface area contributed by atoms with Crippen molar-refractivity contribution in [3.05, 3.63) is 18.2 Å². The summed E-state index contributed by atoms with van der Waals surface area (Å²) in [6.07, 6.45) is 0.945. The number of benzene rings is 1. The van der Waals surface area contributed by atoms with Crippen LogP contribution in [0.25, 0.3) is 0 Å². The Kier molecular flexibility index (Phi) is 5.89. The van der Waals surface area contributed by atoms with Crippen molar-refractivity contribution in [1.82, 2.24) is 4.90 Å². The van der Waals surface area contributed by atoms with E-state index in [0.717, 1.165) is 0 Å². The number of likely N-dealkylation sites (tertiary alicyclic amines) is 1. The Morgan fingerprint density at radius 1 is 1.25 bits per heavy atom. The fourth-order valence-corrected chi connectivity index (χ4v) is 2.63. The quantitative estimate of drug-likeness (QED) is 0.863. The van der Waals surface area contributed by atoms with Gasteiger partial charge >= 0.3 is 12.0 Å². The molecule has 2 N–H and O–H groups in total. The minimum absolute atomic E-state index is 0.0140. The molecule has 7 heteroatoms. The molecule has 0 spiro atoms. The van der Waals surface area contributed by atoms with Crippen LogP contribution in [-0.2, 0) is 4.79 Å². The molecule has 0 aliphatic carbocycles. The molecule has 132 valence electrons. The third kappa shape index (κ3) is 4.53. The third-order valence-electron chi connectivity index (χ3n) is 3.91. The van der Waals surface area contributed by atoms with Gasteiger partial charge in [0, 0.05) is 24.8 Å². The Morgan fingerprint density at radius 3 is 2.46 bits per heavy atom. The Hall–Kier alpha value is -2.44. The summed E-state index contributed by atoms with van der Waals surface area (Å²) >= 11 is 0. The molecule has 1 heterocycles. The van der Waals surface area contributed by atoms with Crippen LogP contribution in [0.4, 0.5) is 10.5 Å². The number of anilines is 1. The van der Waals surface area contributed by atoms with Crippen LogP contribution in [0, 0.1) is 5.92 Å². The zero-order chi connectivity index (χ0) is 17.7. The Labute approximate surface area is 141 Å². The molecule has 0 aromatic heterocycles. The largest absolute Gasteiger partial charge is 0.493 e. The van der Waals surface area contributed by atoms with Crippen LogP contribution >= 0.6 is 0 Å². The summed E-state index contributed by atoms with van der Waals surface area (Å²) in [5, 5.41) is 11.8. The number of carbonyl (C=O) groups is 2. The second-order valence-corrected chi connectivity index (χ2v) is 6.06. The molecule has 0 radical (unpaired) electrons. The number of carboxylic acid groups (broad SMARTS) is 1. The van der Waals surface area contributed by atoms with E-state index >= 15 is 0 Å². The van der Waals surface area contributed by atoms with E-state index in [0.29, 0.717) is 43.1 Å². The number of carboxylic acids is 1. The van der Waals surface area contributed by atoms with Gasteiger partial charge in [-0.2, -0.15) is 0 Å². The molecule has 1 aromatic rings. The predicted octanol–water partition coefficient (Wildman–Crippen LogP) is 2.81. The number of carbonyl (C=O) groups excluding carboxylic acids is 1. The maximum atomic E-state index is 12.3. The average molecular weight is 336 g/mol. The highest BCUT2D eigenvalue weighted by molar-refractivity contribution is 5.90. The first kappa shape index (κ1) is 17.9. The summed E-state index contributed by atoms with van der Waals surface area (Å²) in [6, 6.07) is 4.97. The molecular formula is C17H24N2O5. The van der Waals surface area contributed by atoms with E-state index in [1.165, 1.54) is 0 Å². The lowest BCUT2D eigenvalue weighted by Crippen LogP contribution is -2.42. The van der Waals surface area contributed by atoms with E-state index in [1.54, 1.807) is 30.2 Å². The van der Waals surface area contributed by atoms with Crippen LogP contribution in [0.3, 0.4) is 0 Å². The summed E-state index contributed by atoms with van der Waals surface area (Å²) in [5.74, 6) is 0.0145. The molecule has 1 fully saturated rings. The number of nitrogens with one attached hydrogen (secondary N) is 1. The zero-order valence-electron chi connectivity index (χ0n) is 14.2. The van der Waals surface area contributed by atoms with Crippen molar-refractivity contribution < 1.29 is 24.2 Å². The molecule has 1 aliphatic heterocycles. The fourth-order valence-electron chi connectivity index (χ4n) is 2.63. The van der Waals surface area contributed by atoms with Gasteiger partial charge in [-0.25, -0.2) is 4.79 Å². The number of amides is 2. The predicted molar refractivity (Wildman–Crippen MR) is 89.7 cm³/mol. The van der Waals surface area contributed by atoms with E-state index in [-0.39, 0.29) is 18.1 Å². The lowest BCUT2D eigenvalue weighted by molar-refractivity contribution is -0.143. The van der Waals surface area contributed by atoms with Gasteiger partial charge in [0.2, 0.25) is 0 Å². The number of hydrogen-bond acceptors (Lipinski definition) is 4. The van der Waals surface area contributed by atoms with Gasteiger partial charge in [-0.05, 0) is 38.8 Å². The van der Waals surface area contributed by atoms with Crippen molar-refractivity contribution in [2.45, 2.75) is 32.8 Å². The van der Waals surface area contributed by atoms with Crippen molar-refractivity contribution in [3.63, 3.8) is 0 Å².